The van der Waals surface area contributed by atoms with E-state index in [1.807, 2.05) is 6.92 Å². The van der Waals surface area contributed by atoms with Gasteiger partial charge in [0.05, 0.1) is 11.0 Å². The molecule has 0 aliphatic rings. The summed E-state index contributed by atoms with van der Waals surface area (Å²) in [4.78, 5) is 0.219. The first-order valence-corrected chi connectivity index (χ1v) is 9.12. The highest BCUT2D eigenvalue weighted by atomic mass is 32.2. The molecule has 0 aliphatic heterocycles. The van der Waals surface area contributed by atoms with E-state index >= 15 is 0 Å². The van der Waals surface area contributed by atoms with Gasteiger partial charge >= 0.3 is 0 Å². The molecule has 1 aromatic carbocycles. The molecule has 21 heavy (non-hydrogen) atoms. The summed E-state index contributed by atoms with van der Waals surface area (Å²) in [5.41, 5.74) is 0.639. The second kappa shape index (κ2) is 8.51. The van der Waals surface area contributed by atoms with E-state index in [9.17, 15) is 13.5 Å². The first-order chi connectivity index (χ1) is 9.86. The van der Waals surface area contributed by atoms with Crippen molar-refractivity contribution in [1.82, 2.24) is 4.72 Å². The van der Waals surface area contributed by atoms with Crippen molar-refractivity contribution in [2.45, 2.75) is 57.5 Å². The fraction of sp³-hybridized carbons (Fsp3) is 0.625. The lowest BCUT2D eigenvalue weighted by molar-refractivity contribution is 0.173. The Hall–Kier alpha value is -0.910. The SMILES string of the molecule is CCC(O)c1cccc(S(=O)(=O)NCCCCC(C)C)c1. The Kier molecular flexibility index (Phi) is 7.35. The normalized spacial score (nSPS) is 13.6. The Morgan fingerprint density at radius 3 is 2.57 bits per heavy atom. The lowest BCUT2D eigenvalue weighted by Gasteiger charge is -2.11. The van der Waals surface area contributed by atoms with Gasteiger partial charge in [-0.2, -0.15) is 0 Å². The van der Waals surface area contributed by atoms with E-state index in [-0.39, 0.29) is 4.90 Å². The average molecular weight is 313 g/mol. The van der Waals surface area contributed by atoms with Gasteiger partial charge < -0.3 is 5.11 Å². The van der Waals surface area contributed by atoms with E-state index in [4.69, 9.17) is 0 Å². The molecular weight excluding hydrogens is 286 g/mol. The third-order valence-corrected chi connectivity index (χ3v) is 4.90. The van der Waals surface area contributed by atoms with Crippen molar-refractivity contribution in [3.63, 3.8) is 0 Å². The molecule has 0 spiro atoms. The minimum atomic E-state index is -3.49. The number of benzene rings is 1. The van der Waals surface area contributed by atoms with Gasteiger partial charge in [0.15, 0.2) is 0 Å². The highest BCUT2D eigenvalue weighted by Gasteiger charge is 2.15. The molecule has 1 rings (SSSR count). The molecule has 1 unspecified atom stereocenters. The van der Waals surface area contributed by atoms with Crippen LogP contribution in [0, 0.1) is 5.92 Å². The van der Waals surface area contributed by atoms with Gasteiger partial charge in [0, 0.05) is 6.54 Å². The van der Waals surface area contributed by atoms with E-state index < -0.39 is 16.1 Å². The Labute approximate surface area is 128 Å². The van der Waals surface area contributed by atoms with Crippen LogP contribution in [0.3, 0.4) is 0 Å². The summed E-state index contributed by atoms with van der Waals surface area (Å²) >= 11 is 0. The van der Waals surface area contributed by atoms with Crippen LogP contribution in [-0.4, -0.2) is 20.1 Å². The van der Waals surface area contributed by atoms with Gasteiger partial charge in [0.25, 0.3) is 0 Å². The number of hydrogen-bond acceptors (Lipinski definition) is 3. The molecule has 4 nitrogen and oxygen atoms in total. The van der Waals surface area contributed by atoms with Crippen LogP contribution < -0.4 is 4.72 Å². The molecular formula is C16H27NO3S. The lowest BCUT2D eigenvalue weighted by Crippen LogP contribution is -2.25. The standard InChI is InChI=1S/C16H27NO3S/c1-4-16(18)14-9-7-10-15(12-14)21(19,20)17-11-6-5-8-13(2)3/h7,9-10,12-13,16-18H,4-6,8,11H2,1-3H3. The van der Waals surface area contributed by atoms with Crippen LogP contribution in [0.2, 0.25) is 0 Å². The maximum Gasteiger partial charge on any atom is 0.240 e. The summed E-state index contributed by atoms with van der Waals surface area (Å²) in [7, 11) is -3.49. The molecule has 0 aliphatic carbocycles. The predicted octanol–water partition coefficient (Wildman–Crippen LogP) is 3.23. The molecule has 0 aromatic heterocycles. The Bertz CT molecular complexity index is 526. The number of unbranched alkanes of at least 4 members (excludes halogenated alkanes) is 1. The van der Waals surface area contributed by atoms with Crippen molar-refractivity contribution in [1.29, 1.82) is 0 Å². The number of rotatable bonds is 9. The molecule has 1 atom stereocenters. The molecule has 0 fully saturated rings. The topological polar surface area (TPSA) is 66.4 Å². The van der Waals surface area contributed by atoms with Gasteiger partial charge in [-0.05, 0) is 36.5 Å². The Balaban J connectivity index is 2.62. The summed E-state index contributed by atoms with van der Waals surface area (Å²) in [6.07, 6.45) is 2.92. The van der Waals surface area contributed by atoms with E-state index in [1.165, 1.54) is 0 Å². The highest BCUT2D eigenvalue weighted by molar-refractivity contribution is 7.89. The van der Waals surface area contributed by atoms with Crippen LogP contribution in [-0.2, 0) is 10.0 Å². The van der Waals surface area contributed by atoms with E-state index in [2.05, 4.69) is 18.6 Å². The summed E-state index contributed by atoms with van der Waals surface area (Å²) in [6.45, 7) is 6.64. The number of aliphatic hydroxyl groups excluding tert-OH is 1. The molecule has 1 aromatic rings. The second-order valence-electron chi connectivity index (χ2n) is 5.78. The fourth-order valence-electron chi connectivity index (χ4n) is 2.09. The molecule has 0 bridgehead atoms. The van der Waals surface area contributed by atoms with Gasteiger partial charge in [-0.25, -0.2) is 13.1 Å². The van der Waals surface area contributed by atoms with Crippen molar-refractivity contribution >= 4 is 10.0 Å². The quantitative estimate of drug-likeness (QED) is 0.688. The predicted molar refractivity (Wildman–Crippen MR) is 85.6 cm³/mol. The van der Waals surface area contributed by atoms with Crippen molar-refractivity contribution in [3.05, 3.63) is 29.8 Å². The number of nitrogens with one attached hydrogen (secondary N) is 1. The first kappa shape index (κ1) is 18.1. The molecule has 5 heteroatoms. The summed E-state index contributed by atoms with van der Waals surface area (Å²) in [5, 5.41) is 9.80. The minimum absolute atomic E-state index is 0.219. The maximum atomic E-state index is 12.2. The smallest absolute Gasteiger partial charge is 0.240 e. The molecule has 0 heterocycles. The maximum absolute atomic E-state index is 12.2. The zero-order valence-corrected chi connectivity index (χ0v) is 14.0. The summed E-state index contributed by atoms with van der Waals surface area (Å²) < 4.78 is 27.0. The monoisotopic (exact) mass is 313 g/mol. The minimum Gasteiger partial charge on any atom is -0.388 e. The summed E-state index contributed by atoms with van der Waals surface area (Å²) in [5.74, 6) is 0.647. The third kappa shape index (κ3) is 6.16. The van der Waals surface area contributed by atoms with Gasteiger partial charge in [-0.15, -0.1) is 0 Å². The summed E-state index contributed by atoms with van der Waals surface area (Å²) in [6, 6.07) is 6.52. The third-order valence-electron chi connectivity index (χ3n) is 3.44. The van der Waals surface area contributed by atoms with Gasteiger partial charge in [-0.3, -0.25) is 0 Å². The first-order valence-electron chi connectivity index (χ1n) is 7.64. The average Bonchev–Trinajstić information content (AvgIpc) is 2.45. The molecule has 0 amide bonds. The van der Waals surface area contributed by atoms with Crippen molar-refractivity contribution in [2.75, 3.05) is 6.54 Å². The van der Waals surface area contributed by atoms with Crippen LogP contribution >= 0.6 is 0 Å². The molecule has 120 valence electrons. The zero-order valence-electron chi connectivity index (χ0n) is 13.2. The van der Waals surface area contributed by atoms with E-state index in [0.29, 0.717) is 24.4 Å². The zero-order chi connectivity index (χ0) is 15.9. The molecule has 2 N–H and O–H groups in total. The van der Waals surface area contributed by atoms with E-state index in [0.717, 1.165) is 19.3 Å². The Morgan fingerprint density at radius 2 is 1.95 bits per heavy atom. The van der Waals surface area contributed by atoms with Crippen LogP contribution in [0.25, 0.3) is 0 Å². The Morgan fingerprint density at radius 1 is 1.24 bits per heavy atom. The largest absolute Gasteiger partial charge is 0.388 e. The number of aliphatic hydroxyl groups is 1. The fourth-order valence-corrected chi connectivity index (χ4v) is 3.22. The van der Waals surface area contributed by atoms with Crippen LogP contribution in [0.5, 0.6) is 0 Å². The van der Waals surface area contributed by atoms with Gasteiger partial charge in [-0.1, -0.05) is 45.7 Å². The molecule has 0 saturated carbocycles. The number of sulfonamides is 1. The molecule has 0 saturated heterocycles. The van der Waals surface area contributed by atoms with Crippen LogP contribution in [0.15, 0.2) is 29.2 Å². The van der Waals surface area contributed by atoms with E-state index in [1.54, 1.807) is 24.3 Å². The van der Waals surface area contributed by atoms with Crippen LogP contribution in [0.1, 0.15) is 58.1 Å². The van der Waals surface area contributed by atoms with Crippen molar-refractivity contribution in [3.8, 4) is 0 Å². The van der Waals surface area contributed by atoms with Crippen molar-refractivity contribution in [2.24, 2.45) is 5.92 Å². The lowest BCUT2D eigenvalue weighted by atomic mass is 10.1. The van der Waals surface area contributed by atoms with Gasteiger partial charge in [0.1, 0.15) is 0 Å². The van der Waals surface area contributed by atoms with Crippen molar-refractivity contribution < 1.29 is 13.5 Å². The van der Waals surface area contributed by atoms with Gasteiger partial charge in [0.2, 0.25) is 10.0 Å². The number of hydrogen-bond donors (Lipinski definition) is 2. The highest BCUT2D eigenvalue weighted by Crippen LogP contribution is 2.19. The molecule has 0 radical (unpaired) electrons. The second-order valence-corrected chi connectivity index (χ2v) is 7.55. The van der Waals surface area contributed by atoms with Crippen LogP contribution in [0.4, 0.5) is 0 Å².